The van der Waals surface area contributed by atoms with Crippen molar-refractivity contribution in [3.63, 3.8) is 0 Å². The van der Waals surface area contributed by atoms with Crippen molar-refractivity contribution >= 4 is 34.6 Å². The highest BCUT2D eigenvalue weighted by atomic mass is 35.5. The fraction of sp³-hybridized carbons (Fsp3) is 0.611. The van der Waals surface area contributed by atoms with Gasteiger partial charge in [0, 0.05) is 36.9 Å². The molecule has 2 N–H and O–H groups in total. The number of aryl methyl sites for hydroxylation is 1. The van der Waals surface area contributed by atoms with Crippen LogP contribution in [0.4, 0.5) is 5.69 Å². The molecule has 0 radical (unpaired) electrons. The van der Waals surface area contributed by atoms with Crippen LogP contribution in [0, 0.1) is 6.92 Å². The third-order valence-electron chi connectivity index (χ3n) is 5.03. The summed E-state index contributed by atoms with van der Waals surface area (Å²) in [7, 11) is 0. The van der Waals surface area contributed by atoms with Gasteiger partial charge in [0.25, 0.3) is 0 Å². The lowest BCUT2D eigenvalue weighted by Gasteiger charge is -2.38. The van der Waals surface area contributed by atoms with Crippen LogP contribution in [0.1, 0.15) is 5.56 Å². The second-order valence-corrected chi connectivity index (χ2v) is 7.57. The summed E-state index contributed by atoms with van der Waals surface area (Å²) in [6.45, 7) is 12.0. The van der Waals surface area contributed by atoms with Crippen molar-refractivity contribution < 1.29 is 9.64 Å². The Morgan fingerprint density at radius 2 is 1.96 bits per heavy atom. The Balaban J connectivity index is 1.42. The van der Waals surface area contributed by atoms with E-state index in [0.717, 1.165) is 75.7 Å². The van der Waals surface area contributed by atoms with Gasteiger partial charge in [0.2, 0.25) is 0 Å². The van der Waals surface area contributed by atoms with E-state index < -0.39 is 0 Å². The molecule has 1 aromatic rings. The standard InChI is InChI=1S/C18H27ClN4OS/c1-15-2-3-16(19)14-17(15)22-6-8-23(9-7-22)18(25)20-4-5-21-10-12-24-13-11-21/h2-3,14H,4-13H2,1H3,(H,20,25)/p+1. The molecule has 3 rings (SSSR count). The van der Waals surface area contributed by atoms with Crippen LogP contribution in [-0.2, 0) is 4.74 Å². The lowest BCUT2D eigenvalue weighted by Crippen LogP contribution is -3.14. The molecule has 0 aromatic heterocycles. The van der Waals surface area contributed by atoms with Crippen molar-refractivity contribution in [2.75, 3.05) is 70.5 Å². The number of nitrogens with one attached hydrogen (secondary N) is 2. The smallest absolute Gasteiger partial charge is 0.169 e. The van der Waals surface area contributed by atoms with Crippen molar-refractivity contribution in [2.45, 2.75) is 6.92 Å². The van der Waals surface area contributed by atoms with E-state index in [1.807, 2.05) is 6.07 Å². The van der Waals surface area contributed by atoms with E-state index in [9.17, 15) is 0 Å². The van der Waals surface area contributed by atoms with E-state index in [0.29, 0.717) is 0 Å². The van der Waals surface area contributed by atoms with Crippen LogP contribution in [-0.4, -0.2) is 75.6 Å². The summed E-state index contributed by atoms with van der Waals surface area (Å²) in [5, 5.41) is 5.11. The lowest BCUT2D eigenvalue weighted by molar-refractivity contribution is -0.906. The molecule has 0 bridgehead atoms. The topological polar surface area (TPSA) is 32.2 Å². The van der Waals surface area contributed by atoms with Crippen molar-refractivity contribution in [2.24, 2.45) is 0 Å². The fourth-order valence-electron chi connectivity index (χ4n) is 3.44. The molecule has 25 heavy (non-hydrogen) atoms. The average Bonchev–Trinajstić information content (AvgIpc) is 2.65. The number of nitrogens with zero attached hydrogens (tertiary/aromatic N) is 2. The molecule has 0 saturated carbocycles. The van der Waals surface area contributed by atoms with E-state index in [4.69, 9.17) is 28.6 Å². The number of hydrogen-bond acceptors (Lipinski definition) is 3. The summed E-state index contributed by atoms with van der Waals surface area (Å²) in [4.78, 5) is 6.28. The van der Waals surface area contributed by atoms with Crippen LogP contribution >= 0.6 is 23.8 Å². The van der Waals surface area contributed by atoms with Crippen molar-refractivity contribution in [3.8, 4) is 0 Å². The van der Waals surface area contributed by atoms with Crippen LogP contribution in [0.25, 0.3) is 0 Å². The Morgan fingerprint density at radius 3 is 2.68 bits per heavy atom. The average molecular weight is 384 g/mol. The molecular weight excluding hydrogens is 356 g/mol. The second-order valence-electron chi connectivity index (χ2n) is 6.75. The van der Waals surface area contributed by atoms with Crippen LogP contribution in [0.5, 0.6) is 0 Å². The van der Waals surface area contributed by atoms with Crippen molar-refractivity contribution in [1.82, 2.24) is 10.2 Å². The van der Waals surface area contributed by atoms with Crippen molar-refractivity contribution in [3.05, 3.63) is 28.8 Å². The van der Waals surface area contributed by atoms with Gasteiger partial charge < -0.3 is 24.8 Å². The summed E-state index contributed by atoms with van der Waals surface area (Å²) >= 11 is 11.7. The molecule has 0 aliphatic carbocycles. The van der Waals surface area contributed by atoms with Gasteiger partial charge in [-0.05, 0) is 36.8 Å². The first kappa shape index (κ1) is 18.7. The molecule has 0 atom stereocenters. The van der Waals surface area contributed by atoms with Crippen LogP contribution < -0.4 is 15.1 Å². The van der Waals surface area contributed by atoms with Crippen LogP contribution in [0.3, 0.4) is 0 Å². The SMILES string of the molecule is Cc1ccc(Cl)cc1N1CCN(C(=S)NCC[NH+]2CCOCC2)CC1. The summed E-state index contributed by atoms with van der Waals surface area (Å²) in [6, 6.07) is 6.10. The highest BCUT2D eigenvalue weighted by molar-refractivity contribution is 7.80. The van der Waals surface area contributed by atoms with Gasteiger partial charge in [-0.15, -0.1) is 0 Å². The highest BCUT2D eigenvalue weighted by Gasteiger charge is 2.21. The normalized spacial score (nSPS) is 19.1. The number of piperazine rings is 1. The number of quaternary nitrogens is 1. The van der Waals surface area contributed by atoms with Gasteiger partial charge in [0.15, 0.2) is 5.11 Å². The first-order chi connectivity index (χ1) is 12.1. The highest BCUT2D eigenvalue weighted by Crippen LogP contribution is 2.25. The van der Waals surface area contributed by atoms with E-state index in [-0.39, 0.29) is 0 Å². The number of hydrogen-bond donors (Lipinski definition) is 2. The van der Waals surface area contributed by atoms with E-state index >= 15 is 0 Å². The Labute approximate surface area is 160 Å². The van der Waals surface area contributed by atoms with Gasteiger partial charge in [-0.1, -0.05) is 17.7 Å². The molecule has 2 heterocycles. The van der Waals surface area contributed by atoms with Gasteiger partial charge in [-0.25, -0.2) is 0 Å². The Kier molecular flexibility index (Phi) is 6.76. The number of rotatable bonds is 4. The minimum absolute atomic E-state index is 0.797. The third kappa shape index (κ3) is 5.20. The molecular formula is C18H28ClN4OS+. The number of ether oxygens (including phenoxy) is 1. The number of halogens is 1. The predicted octanol–water partition coefficient (Wildman–Crippen LogP) is 0.560. The van der Waals surface area contributed by atoms with Crippen LogP contribution in [0.15, 0.2) is 18.2 Å². The van der Waals surface area contributed by atoms with E-state index in [2.05, 4.69) is 34.2 Å². The molecule has 2 aliphatic heterocycles. The molecule has 1 aromatic carbocycles. The third-order valence-corrected chi connectivity index (χ3v) is 5.67. The van der Waals surface area contributed by atoms with Gasteiger partial charge in [0.1, 0.15) is 13.1 Å². The quantitative estimate of drug-likeness (QED) is 0.742. The molecule has 7 heteroatoms. The van der Waals surface area contributed by atoms with Crippen LogP contribution in [0.2, 0.25) is 5.02 Å². The minimum Gasteiger partial charge on any atom is -0.370 e. The Hall–Kier alpha value is -1.08. The molecule has 5 nitrogen and oxygen atoms in total. The maximum atomic E-state index is 6.16. The number of anilines is 1. The van der Waals surface area contributed by atoms with E-state index in [1.165, 1.54) is 11.3 Å². The molecule has 138 valence electrons. The zero-order valence-electron chi connectivity index (χ0n) is 14.9. The zero-order valence-corrected chi connectivity index (χ0v) is 16.5. The zero-order chi connectivity index (χ0) is 17.6. The largest absolute Gasteiger partial charge is 0.370 e. The molecule has 2 aliphatic rings. The lowest BCUT2D eigenvalue weighted by atomic mass is 10.1. The van der Waals surface area contributed by atoms with Gasteiger partial charge in [0.05, 0.1) is 26.3 Å². The second kappa shape index (κ2) is 9.03. The molecule has 2 saturated heterocycles. The summed E-state index contributed by atoms with van der Waals surface area (Å²) in [6.07, 6.45) is 0. The molecule has 2 fully saturated rings. The Morgan fingerprint density at radius 1 is 1.24 bits per heavy atom. The monoisotopic (exact) mass is 383 g/mol. The van der Waals surface area contributed by atoms with Crippen molar-refractivity contribution in [1.29, 1.82) is 0 Å². The first-order valence-corrected chi connectivity index (χ1v) is 9.87. The number of morpholine rings is 1. The van der Waals surface area contributed by atoms with Gasteiger partial charge >= 0.3 is 0 Å². The summed E-state index contributed by atoms with van der Waals surface area (Å²) < 4.78 is 5.40. The fourth-order valence-corrected chi connectivity index (χ4v) is 3.89. The summed E-state index contributed by atoms with van der Waals surface area (Å²) in [5.74, 6) is 0. The number of thiocarbonyl (C=S) groups is 1. The summed E-state index contributed by atoms with van der Waals surface area (Å²) in [5.41, 5.74) is 2.51. The first-order valence-electron chi connectivity index (χ1n) is 9.08. The maximum absolute atomic E-state index is 6.16. The number of benzene rings is 1. The Bertz CT molecular complexity index is 586. The molecule has 0 amide bonds. The van der Waals surface area contributed by atoms with Gasteiger partial charge in [-0.2, -0.15) is 0 Å². The molecule has 0 spiro atoms. The molecule has 0 unspecified atom stereocenters. The maximum Gasteiger partial charge on any atom is 0.169 e. The van der Waals surface area contributed by atoms with E-state index in [1.54, 1.807) is 4.90 Å². The van der Waals surface area contributed by atoms with Gasteiger partial charge in [-0.3, -0.25) is 0 Å². The predicted molar refractivity (Wildman–Crippen MR) is 107 cm³/mol. The minimum atomic E-state index is 0.797.